The van der Waals surface area contributed by atoms with Crippen LogP contribution in [0.4, 0.5) is 0 Å². The van der Waals surface area contributed by atoms with Crippen molar-refractivity contribution < 1.29 is 19.7 Å². The Balaban J connectivity index is 1.67. The Bertz CT molecular complexity index is 749. The number of allylic oxidation sites excluding steroid dienone is 3. The van der Waals surface area contributed by atoms with E-state index in [-0.39, 0.29) is 5.60 Å². The van der Waals surface area contributed by atoms with Crippen LogP contribution in [0.25, 0.3) is 0 Å². The summed E-state index contributed by atoms with van der Waals surface area (Å²) in [5.74, 6) is 2.02. The monoisotopic (exact) mass is 444 g/mol. The molecule has 6 atom stereocenters. The van der Waals surface area contributed by atoms with Crippen LogP contribution in [-0.4, -0.2) is 34.5 Å². The molecule has 32 heavy (non-hydrogen) atoms. The molecule has 0 unspecified atom stereocenters. The topological polar surface area (TPSA) is 66.8 Å². The lowest BCUT2D eigenvalue weighted by atomic mass is 9.60. The van der Waals surface area contributed by atoms with E-state index in [1.54, 1.807) is 5.57 Å². The molecule has 2 N–H and O–H groups in total. The van der Waals surface area contributed by atoms with Crippen molar-refractivity contribution in [1.29, 1.82) is 0 Å². The van der Waals surface area contributed by atoms with E-state index in [9.17, 15) is 15.0 Å². The van der Waals surface area contributed by atoms with Gasteiger partial charge in [-0.25, -0.2) is 0 Å². The smallest absolute Gasteiger partial charge is 0.293 e. The molecule has 3 fully saturated rings. The maximum atomic E-state index is 10.7. The van der Waals surface area contributed by atoms with Gasteiger partial charge in [-0.2, -0.15) is 0 Å². The number of hydrogen-bond acceptors (Lipinski definition) is 4. The molecule has 4 heteroatoms. The lowest BCUT2D eigenvalue weighted by Gasteiger charge is -2.44. The third-order valence-corrected chi connectivity index (χ3v) is 8.79. The van der Waals surface area contributed by atoms with Crippen LogP contribution >= 0.6 is 0 Å². The van der Waals surface area contributed by atoms with Gasteiger partial charge >= 0.3 is 0 Å². The molecule has 3 aliphatic rings. The fraction of sp³-hybridized carbons (Fsp3) is 0.750. The summed E-state index contributed by atoms with van der Waals surface area (Å²) < 4.78 is 5.22. The quantitative estimate of drug-likeness (QED) is 0.458. The van der Waals surface area contributed by atoms with Gasteiger partial charge in [0, 0.05) is 6.42 Å². The Hall–Kier alpha value is -1.39. The largest absolute Gasteiger partial charge is 0.462 e. The van der Waals surface area contributed by atoms with Crippen LogP contribution in [0.15, 0.2) is 35.5 Å². The summed E-state index contributed by atoms with van der Waals surface area (Å²) in [5.41, 5.74) is 3.29. The van der Waals surface area contributed by atoms with Crippen LogP contribution < -0.4 is 0 Å². The predicted molar refractivity (Wildman–Crippen MR) is 129 cm³/mol. The van der Waals surface area contributed by atoms with Gasteiger partial charge in [0.15, 0.2) is 0 Å². The molecule has 0 aliphatic heterocycles. The van der Waals surface area contributed by atoms with E-state index in [4.69, 9.17) is 4.74 Å². The number of ether oxygens (including phenoxy) is 1. The number of carbonyl (C=O) groups is 1. The molecule has 0 aromatic carbocycles. The van der Waals surface area contributed by atoms with Gasteiger partial charge in [0.1, 0.15) is 5.60 Å². The first-order chi connectivity index (χ1) is 15.1. The highest BCUT2D eigenvalue weighted by molar-refractivity contribution is 5.39. The van der Waals surface area contributed by atoms with Crippen LogP contribution in [0.5, 0.6) is 0 Å². The Morgan fingerprint density at radius 2 is 2.03 bits per heavy atom. The highest BCUT2D eigenvalue weighted by Crippen LogP contribution is 2.60. The second-order valence-electron chi connectivity index (χ2n) is 11.5. The zero-order chi connectivity index (χ0) is 23.5. The first kappa shape index (κ1) is 25.2. The summed E-state index contributed by atoms with van der Waals surface area (Å²) >= 11 is 0. The zero-order valence-corrected chi connectivity index (χ0v) is 20.6. The molecule has 3 rings (SSSR count). The Morgan fingerprint density at radius 3 is 2.75 bits per heavy atom. The third-order valence-electron chi connectivity index (χ3n) is 8.79. The van der Waals surface area contributed by atoms with E-state index >= 15 is 0 Å². The molecule has 180 valence electrons. The Kier molecular flexibility index (Phi) is 8.09. The van der Waals surface area contributed by atoms with Gasteiger partial charge in [-0.1, -0.05) is 44.6 Å². The Morgan fingerprint density at radius 1 is 1.28 bits per heavy atom. The molecule has 4 nitrogen and oxygen atoms in total. The van der Waals surface area contributed by atoms with E-state index < -0.39 is 12.2 Å². The first-order valence-electron chi connectivity index (χ1n) is 12.6. The molecular weight excluding hydrogens is 400 g/mol. The lowest BCUT2D eigenvalue weighted by Crippen LogP contribution is -2.36. The average molecular weight is 445 g/mol. The predicted octanol–water partition coefficient (Wildman–Crippen LogP) is 5.89. The number of aliphatic hydroxyl groups is 2. The summed E-state index contributed by atoms with van der Waals surface area (Å²) in [7, 11) is 0. The van der Waals surface area contributed by atoms with Gasteiger partial charge < -0.3 is 14.9 Å². The lowest BCUT2D eigenvalue weighted by molar-refractivity contribution is -0.140. The van der Waals surface area contributed by atoms with Crippen molar-refractivity contribution in [3.63, 3.8) is 0 Å². The van der Waals surface area contributed by atoms with Crippen molar-refractivity contribution >= 4 is 6.47 Å². The highest BCUT2D eigenvalue weighted by Gasteiger charge is 2.50. The summed E-state index contributed by atoms with van der Waals surface area (Å²) in [5, 5.41) is 20.2. The molecule has 0 aromatic heterocycles. The van der Waals surface area contributed by atoms with Gasteiger partial charge in [-0.3, -0.25) is 4.79 Å². The second kappa shape index (κ2) is 10.3. The van der Waals surface area contributed by atoms with Crippen LogP contribution in [0.1, 0.15) is 91.9 Å². The van der Waals surface area contributed by atoms with Gasteiger partial charge in [0.05, 0.1) is 12.2 Å². The molecule has 3 aliphatic carbocycles. The molecule has 0 spiro atoms. The van der Waals surface area contributed by atoms with Gasteiger partial charge in [0.25, 0.3) is 6.47 Å². The zero-order valence-electron chi connectivity index (χ0n) is 20.6. The SMILES string of the molecule is C=C1/C(=C\C=C2/CCC[C@]3(C)[C@@H]([C@H](C)CCCC(C)(C)OC=O)CC[C@@H]23)C[C@@H](O)C[C@@H]1O. The number of carbonyl (C=O) groups excluding carboxylic acids is 1. The van der Waals surface area contributed by atoms with Crippen molar-refractivity contribution in [2.24, 2.45) is 23.2 Å². The fourth-order valence-corrected chi connectivity index (χ4v) is 6.92. The van der Waals surface area contributed by atoms with Crippen molar-refractivity contribution in [3.8, 4) is 0 Å². The molecule has 0 amide bonds. The summed E-state index contributed by atoms with van der Waals surface area (Å²) in [4.78, 5) is 10.7. The maximum Gasteiger partial charge on any atom is 0.293 e. The van der Waals surface area contributed by atoms with E-state index in [2.05, 4.69) is 32.6 Å². The minimum Gasteiger partial charge on any atom is -0.462 e. The van der Waals surface area contributed by atoms with E-state index in [1.165, 1.54) is 32.1 Å². The van der Waals surface area contributed by atoms with Crippen LogP contribution in [0.3, 0.4) is 0 Å². The number of aliphatic hydroxyl groups excluding tert-OH is 2. The van der Waals surface area contributed by atoms with Crippen molar-refractivity contribution in [2.75, 3.05) is 0 Å². The minimum atomic E-state index is -0.626. The van der Waals surface area contributed by atoms with Crippen LogP contribution in [0.2, 0.25) is 0 Å². The van der Waals surface area contributed by atoms with Crippen molar-refractivity contribution in [2.45, 2.75) is 110 Å². The molecule has 0 radical (unpaired) electrons. The normalized spacial score (nSPS) is 36.9. The Labute approximate surface area is 194 Å². The summed E-state index contributed by atoms with van der Waals surface area (Å²) in [6.07, 6.45) is 13.7. The second-order valence-corrected chi connectivity index (χ2v) is 11.5. The van der Waals surface area contributed by atoms with Gasteiger partial charge in [-0.05, 0) is 99.5 Å². The van der Waals surface area contributed by atoms with Crippen molar-refractivity contribution in [3.05, 3.63) is 35.5 Å². The molecular formula is C28H44O4. The first-order valence-corrected chi connectivity index (χ1v) is 12.6. The van der Waals surface area contributed by atoms with Gasteiger partial charge in [-0.15, -0.1) is 0 Å². The third kappa shape index (κ3) is 5.56. The van der Waals surface area contributed by atoms with Crippen molar-refractivity contribution in [1.82, 2.24) is 0 Å². The summed E-state index contributed by atoms with van der Waals surface area (Å²) in [6, 6.07) is 0. The molecule has 0 saturated heterocycles. The summed E-state index contributed by atoms with van der Waals surface area (Å²) in [6.45, 7) is 13.5. The molecule has 3 saturated carbocycles. The molecule has 0 bridgehead atoms. The molecule has 0 aromatic rings. The molecule has 0 heterocycles. The standard InChI is InChI=1S/C28H44O4/c1-19(8-6-14-27(3,4)32-18-29)24-12-13-25-21(9-7-15-28(24,25)5)10-11-22-16-23(30)17-26(31)20(22)2/h10-11,18-19,23-26,30-31H,2,6-9,12-17H2,1,3-5H3/b21-10+,22-11-/t19-,23-,24-,25+,26+,28-/m1/s1. The number of hydrogen-bond donors (Lipinski definition) is 2. The van der Waals surface area contributed by atoms with Crippen LogP contribution in [-0.2, 0) is 9.53 Å². The van der Waals surface area contributed by atoms with Crippen LogP contribution in [0, 0.1) is 23.2 Å². The van der Waals surface area contributed by atoms with Gasteiger partial charge in [0.2, 0.25) is 0 Å². The van der Waals surface area contributed by atoms with E-state index in [0.717, 1.165) is 36.3 Å². The highest BCUT2D eigenvalue weighted by atomic mass is 16.5. The number of rotatable bonds is 8. The fourth-order valence-electron chi connectivity index (χ4n) is 6.92. The van der Waals surface area contributed by atoms with E-state index in [0.29, 0.717) is 36.6 Å². The maximum absolute atomic E-state index is 10.7. The average Bonchev–Trinajstić information content (AvgIpc) is 3.07. The van der Waals surface area contributed by atoms with E-state index in [1.807, 2.05) is 13.8 Å². The number of fused-ring (bicyclic) bond motifs is 1. The minimum absolute atomic E-state index is 0.347.